The maximum Gasteiger partial charge on any atom is 0.108 e. The van der Waals surface area contributed by atoms with Crippen molar-refractivity contribution in [3.63, 3.8) is 0 Å². The van der Waals surface area contributed by atoms with Crippen molar-refractivity contribution < 1.29 is 0 Å². The van der Waals surface area contributed by atoms with E-state index in [0.29, 0.717) is 0 Å². The lowest BCUT2D eigenvalue weighted by molar-refractivity contribution is 0.666. The molecule has 4 nitrogen and oxygen atoms in total. The van der Waals surface area contributed by atoms with Gasteiger partial charge in [-0.15, -0.1) is 0 Å². The molecule has 0 radical (unpaired) electrons. The Kier molecular flexibility index (Phi) is 4.53. The molecule has 0 saturated heterocycles. The van der Waals surface area contributed by atoms with Crippen LogP contribution in [0.1, 0.15) is 24.7 Å². The molecule has 0 saturated carbocycles. The summed E-state index contributed by atoms with van der Waals surface area (Å²) in [6.07, 6.45) is 4.35. The third kappa shape index (κ3) is 3.30. The molecule has 0 unspecified atom stereocenters. The van der Waals surface area contributed by atoms with Gasteiger partial charge in [0.15, 0.2) is 0 Å². The standard InChI is InChI=1S/C21H24N4/c1-2-13-25-15-16(17-7-3-6-10-20(17)25)14-22-12-11-21-23-18-8-4-5-9-19(18)24-21/h3-10,15,22H,2,11-14H2,1H3,(H,23,24). The molecule has 0 bridgehead atoms. The highest BCUT2D eigenvalue weighted by molar-refractivity contribution is 5.84. The molecule has 4 rings (SSSR count). The van der Waals surface area contributed by atoms with Gasteiger partial charge in [-0.25, -0.2) is 4.98 Å². The number of nitrogens with zero attached hydrogens (tertiary/aromatic N) is 2. The molecule has 4 heteroatoms. The maximum atomic E-state index is 4.64. The van der Waals surface area contributed by atoms with Gasteiger partial charge in [0.2, 0.25) is 0 Å². The molecule has 0 spiro atoms. The predicted molar refractivity (Wildman–Crippen MR) is 104 cm³/mol. The van der Waals surface area contributed by atoms with Crippen molar-refractivity contribution in [1.29, 1.82) is 0 Å². The van der Waals surface area contributed by atoms with Crippen LogP contribution in [0.15, 0.2) is 54.7 Å². The van der Waals surface area contributed by atoms with E-state index in [0.717, 1.165) is 49.3 Å². The normalized spacial score (nSPS) is 11.6. The second-order valence-electron chi connectivity index (χ2n) is 6.49. The molecule has 2 aromatic heterocycles. The molecule has 4 aromatic rings. The van der Waals surface area contributed by atoms with Crippen molar-refractivity contribution in [1.82, 2.24) is 19.9 Å². The van der Waals surface area contributed by atoms with Gasteiger partial charge >= 0.3 is 0 Å². The van der Waals surface area contributed by atoms with E-state index in [4.69, 9.17) is 0 Å². The van der Waals surface area contributed by atoms with Crippen molar-refractivity contribution in [2.75, 3.05) is 6.54 Å². The van der Waals surface area contributed by atoms with Gasteiger partial charge in [-0.05, 0) is 30.2 Å². The lowest BCUT2D eigenvalue weighted by atomic mass is 10.2. The number of aromatic nitrogens is 3. The van der Waals surface area contributed by atoms with Crippen LogP contribution in [-0.4, -0.2) is 21.1 Å². The van der Waals surface area contributed by atoms with Crippen LogP contribution in [-0.2, 0) is 19.5 Å². The van der Waals surface area contributed by atoms with Crippen molar-refractivity contribution >= 4 is 21.9 Å². The Morgan fingerprint density at radius 1 is 1.08 bits per heavy atom. The van der Waals surface area contributed by atoms with Crippen molar-refractivity contribution in [3.05, 3.63) is 66.1 Å². The quantitative estimate of drug-likeness (QED) is 0.497. The molecule has 0 atom stereocenters. The van der Waals surface area contributed by atoms with Gasteiger partial charge in [-0.2, -0.15) is 0 Å². The number of fused-ring (bicyclic) bond motifs is 2. The van der Waals surface area contributed by atoms with Crippen LogP contribution in [0.25, 0.3) is 21.9 Å². The van der Waals surface area contributed by atoms with Gasteiger partial charge in [0.25, 0.3) is 0 Å². The fourth-order valence-corrected chi connectivity index (χ4v) is 3.44. The van der Waals surface area contributed by atoms with Gasteiger partial charge in [0.05, 0.1) is 11.0 Å². The Labute approximate surface area is 147 Å². The zero-order chi connectivity index (χ0) is 17.1. The number of aromatic amines is 1. The van der Waals surface area contributed by atoms with Gasteiger partial charge in [0.1, 0.15) is 5.82 Å². The molecule has 0 fully saturated rings. The molecule has 2 N–H and O–H groups in total. The van der Waals surface area contributed by atoms with E-state index in [9.17, 15) is 0 Å². The first-order valence-electron chi connectivity index (χ1n) is 9.06. The molecule has 0 amide bonds. The first-order valence-corrected chi connectivity index (χ1v) is 9.06. The molecule has 128 valence electrons. The summed E-state index contributed by atoms with van der Waals surface area (Å²) < 4.78 is 2.37. The number of nitrogens with one attached hydrogen (secondary N) is 2. The molecule has 0 aliphatic carbocycles. The third-order valence-corrected chi connectivity index (χ3v) is 4.63. The predicted octanol–water partition coefficient (Wildman–Crippen LogP) is 4.26. The summed E-state index contributed by atoms with van der Waals surface area (Å²) in [5.74, 6) is 1.04. The monoisotopic (exact) mass is 332 g/mol. The topological polar surface area (TPSA) is 45.6 Å². The van der Waals surface area contributed by atoms with Crippen LogP contribution in [0.2, 0.25) is 0 Å². The Morgan fingerprint density at radius 3 is 2.80 bits per heavy atom. The summed E-state index contributed by atoms with van der Waals surface area (Å²) >= 11 is 0. The number of aryl methyl sites for hydroxylation is 1. The average molecular weight is 332 g/mol. The molecule has 25 heavy (non-hydrogen) atoms. The fourth-order valence-electron chi connectivity index (χ4n) is 3.44. The van der Waals surface area contributed by atoms with Crippen LogP contribution in [0.3, 0.4) is 0 Å². The number of imidazole rings is 1. The Morgan fingerprint density at radius 2 is 1.92 bits per heavy atom. The summed E-state index contributed by atoms with van der Waals surface area (Å²) in [7, 11) is 0. The van der Waals surface area contributed by atoms with Crippen LogP contribution in [0.5, 0.6) is 0 Å². The summed E-state index contributed by atoms with van der Waals surface area (Å²) in [5, 5.41) is 4.92. The van der Waals surface area contributed by atoms with Gasteiger partial charge in [-0.3, -0.25) is 0 Å². The highest BCUT2D eigenvalue weighted by atomic mass is 15.0. The zero-order valence-electron chi connectivity index (χ0n) is 14.6. The lowest BCUT2D eigenvalue weighted by Gasteiger charge is -2.02. The number of para-hydroxylation sites is 3. The first-order chi connectivity index (χ1) is 12.3. The largest absolute Gasteiger partial charge is 0.347 e. The van der Waals surface area contributed by atoms with Crippen molar-refractivity contribution in [2.45, 2.75) is 32.9 Å². The number of benzene rings is 2. The summed E-state index contributed by atoms with van der Waals surface area (Å²) in [4.78, 5) is 8.03. The molecule has 2 heterocycles. The Balaban J connectivity index is 1.40. The highest BCUT2D eigenvalue weighted by Crippen LogP contribution is 2.21. The average Bonchev–Trinajstić information content (AvgIpc) is 3.21. The minimum Gasteiger partial charge on any atom is -0.347 e. The molecule has 0 aliphatic heterocycles. The number of rotatable bonds is 7. The SMILES string of the molecule is CCCn1cc(CNCCc2nc3ccccc3[nH]2)c2ccccc21. The first kappa shape index (κ1) is 15.9. The van der Waals surface area contributed by atoms with E-state index in [2.05, 4.69) is 63.3 Å². The number of H-pyrrole nitrogens is 1. The zero-order valence-corrected chi connectivity index (χ0v) is 14.6. The second-order valence-corrected chi connectivity index (χ2v) is 6.49. The van der Waals surface area contributed by atoms with E-state index in [1.807, 2.05) is 18.2 Å². The Bertz CT molecular complexity index is 947. The van der Waals surface area contributed by atoms with E-state index in [-0.39, 0.29) is 0 Å². The minimum absolute atomic E-state index is 0.886. The summed E-state index contributed by atoms with van der Waals surface area (Å²) in [5.41, 5.74) is 4.85. The van der Waals surface area contributed by atoms with Crippen LogP contribution >= 0.6 is 0 Å². The van der Waals surface area contributed by atoms with E-state index < -0.39 is 0 Å². The molecule has 2 aromatic carbocycles. The molecule has 0 aliphatic rings. The summed E-state index contributed by atoms with van der Waals surface area (Å²) in [6.45, 7) is 5.09. The van der Waals surface area contributed by atoms with E-state index in [1.54, 1.807) is 0 Å². The summed E-state index contributed by atoms with van der Waals surface area (Å²) in [6, 6.07) is 16.9. The van der Waals surface area contributed by atoms with Crippen LogP contribution in [0.4, 0.5) is 0 Å². The molecular formula is C21H24N4. The molecular weight excluding hydrogens is 308 g/mol. The van der Waals surface area contributed by atoms with Crippen LogP contribution < -0.4 is 5.32 Å². The number of hydrogen-bond donors (Lipinski definition) is 2. The van der Waals surface area contributed by atoms with Gasteiger partial charge < -0.3 is 14.9 Å². The second kappa shape index (κ2) is 7.11. The van der Waals surface area contributed by atoms with Crippen LogP contribution in [0, 0.1) is 0 Å². The maximum absolute atomic E-state index is 4.64. The van der Waals surface area contributed by atoms with E-state index in [1.165, 1.54) is 16.5 Å². The third-order valence-electron chi connectivity index (χ3n) is 4.63. The fraction of sp³-hybridized carbons (Fsp3) is 0.286. The lowest BCUT2D eigenvalue weighted by Crippen LogP contribution is -2.17. The van der Waals surface area contributed by atoms with Crippen molar-refractivity contribution in [2.24, 2.45) is 0 Å². The highest BCUT2D eigenvalue weighted by Gasteiger charge is 2.07. The van der Waals surface area contributed by atoms with Gasteiger partial charge in [0, 0.05) is 43.2 Å². The smallest absolute Gasteiger partial charge is 0.108 e. The minimum atomic E-state index is 0.886. The Hall–Kier alpha value is -2.59. The van der Waals surface area contributed by atoms with Crippen molar-refractivity contribution in [3.8, 4) is 0 Å². The number of hydrogen-bond acceptors (Lipinski definition) is 2. The van der Waals surface area contributed by atoms with E-state index >= 15 is 0 Å². The van der Waals surface area contributed by atoms with Gasteiger partial charge in [-0.1, -0.05) is 37.3 Å².